The molecule has 1 atom stereocenters. The minimum atomic E-state index is -1.63. The van der Waals surface area contributed by atoms with Crippen LogP contribution in [0.2, 0.25) is 0 Å². The Morgan fingerprint density at radius 3 is 2.60 bits per heavy atom. The third-order valence-electron chi connectivity index (χ3n) is 2.05. The molecule has 1 aliphatic rings. The monoisotopic (exact) mass is 267 g/mol. The summed E-state index contributed by atoms with van der Waals surface area (Å²) in [6.07, 6.45) is 1.40. The van der Waals surface area contributed by atoms with Gasteiger partial charge in [0.05, 0.1) is 16.7 Å². The van der Waals surface area contributed by atoms with E-state index in [-0.39, 0.29) is 0 Å². The molecule has 0 saturated carbocycles. The smallest absolute Gasteiger partial charge is 0.261 e. The van der Waals surface area contributed by atoms with Crippen LogP contribution in [0.15, 0.2) is 46.8 Å². The van der Waals surface area contributed by atoms with Gasteiger partial charge in [0.1, 0.15) is 0 Å². The Hall–Kier alpha value is -1.56. The van der Waals surface area contributed by atoms with E-state index in [0.717, 1.165) is 5.56 Å². The fourth-order valence-electron chi connectivity index (χ4n) is 1.31. The molecule has 0 spiro atoms. The molecule has 1 heterocycles. The summed E-state index contributed by atoms with van der Waals surface area (Å²) in [5.74, 6) is 0. The van der Waals surface area contributed by atoms with Crippen LogP contribution in [0.25, 0.3) is 5.57 Å². The van der Waals surface area contributed by atoms with Crippen LogP contribution in [0, 0.1) is 10.1 Å². The Kier molecular flexibility index (Phi) is 2.36. The molecule has 6 heteroatoms. The molecular formula is C9H6BrN3O2. The van der Waals surface area contributed by atoms with E-state index in [1.165, 1.54) is 6.20 Å². The summed E-state index contributed by atoms with van der Waals surface area (Å²) in [7, 11) is 0. The van der Waals surface area contributed by atoms with Crippen molar-refractivity contribution in [2.75, 3.05) is 0 Å². The van der Waals surface area contributed by atoms with E-state index in [1.807, 2.05) is 18.2 Å². The van der Waals surface area contributed by atoms with Crippen molar-refractivity contribution in [3.63, 3.8) is 0 Å². The lowest BCUT2D eigenvalue weighted by Crippen LogP contribution is -2.28. The zero-order valence-corrected chi connectivity index (χ0v) is 9.09. The zero-order valence-electron chi connectivity index (χ0n) is 7.50. The maximum atomic E-state index is 10.9. The van der Waals surface area contributed by atoms with E-state index >= 15 is 0 Å². The highest BCUT2D eigenvalue weighted by atomic mass is 79.9. The van der Waals surface area contributed by atoms with Crippen molar-refractivity contribution in [1.29, 1.82) is 0 Å². The van der Waals surface area contributed by atoms with Gasteiger partial charge in [-0.2, -0.15) is 5.11 Å². The standard InChI is InChI=1S/C9H6BrN3O2/c10-9(13(14)15)8(6-11-12-9)7-4-2-1-3-5-7/h1-6H. The maximum Gasteiger partial charge on any atom is 0.412 e. The van der Waals surface area contributed by atoms with E-state index in [0.29, 0.717) is 5.57 Å². The lowest BCUT2D eigenvalue weighted by Gasteiger charge is -2.12. The van der Waals surface area contributed by atoms with Gasteiger partial charge in [0, 0.05) is 15.9 Å². The summed E-state index contributed by atoms with van der Waals surface area (Å²) < 4.78 is -1.63. The molecule has 0 aromatic heterocycles. The van der Waals surface area contributed by atoms with E-state index < -0.39 is 9.50 Å². The van der Waals surface area contributed by atoms with Crippen LogP contribution in [0.4, 0.5) is 0 Å². The number of halogens is 1. The Labute approximate surface area is 93.8 Å². The number of nitrogens with zero attached hydrogens (tertiary/aromatic N) is 3. The molecule has 2 rings (SSSR count). The molecule has 1 aromatic rings. The average Bonchev–Trinajstić information content (AvgIpc) is 2.63. The first-order valence-corrected chi connectivity index (χ1v) is 4.95. The molecule has 0 bridgehead atoms. The van der Waals surface area contributed by atoms with Gasteiger partial charge in [0.25, 0.3) is 0 Å². The van der Waals surface area contributed by atoms with Crippen molar-refractivity contribution in [2.45, 2.75) is 4.57 Å². The van der Waals surface area contributed by atoms with Gasteiger partial charge in [-0.1, -0.05) is 35.4 Å². The highest BCUT2D eigenvalue weighted by Gasteiger charge is 2.48. The van der Waals surface area contributed by atoms with Crippen LogP contribution in [0.3, 0.4) is 0 Å². The predicted octanol–water partition coefficient (Wildman–Crippen LogP) is 2.82. The summed E-state index contributed by atoms with van der Waals surface area (Å²) in [5.41, 5.74) is 1.17. The van der Waals surface area contributed by atoms with Crippen LogP contribution in [-0.4, -0.2) is 9.50 Å². The normalized spacial score (nSPS) is 23.9. The van der Waals surface area contributed by atoms with Crippen molar-refractivity contribution in [2.24, 2.45) is 10.2 Å². The van der Waals surface area contributed by atoms with Gasteiger partial charge < -0.3 is 0 Å². The Balaban J connectivity index is 2.45. The molecule has 1 aliphatic heterocycles. The van der Waals surface area contributed by atoms with Gasteiger partial charge in [-0.3, -0.25) is 10.1 Å². The van der Waals surface area contributed by atoms with Crippen molar-refractivity contribution < 1.29 is 4.92 Å². The van der Waals surface area contributed by atoms with Crippen molar-refractivity contribution >= 4 is 21.5 Å². The van der Waals surface area contributed by atoms with E-state index in [2.05, 4.69) is 26.2 Å². The van der Waals surface area contributed by atoms with Crippen LogP contribution in [0.1, 0.15) is 5.56 Å². The molecule has 0 radical (unpaired) electrons. The first-order valence-electron chi connectivity index (χ1n) is 4.16. The van der Waals surface area contributed by atoms with Gasteiger partial charge in [0.2, 0.25) is 0 Å². The Bertz CT molecular complexity index is 458. The highest BCUT2D eigenvalue weighted by Crippen LogP contribution is 2.40. The predicted molar refractivity (Wildman–Crippen MR) is 57.9 cm³/mol. The number of hydrogen-bond acceptors (Lipinski definition) is 4. The molecule has 1 aromatic carbocycles. The number of rotatable bonds is 2. The zero-order chi connectivity index (χ0) is 10.9. The fourth-order valence-corrected chi connectivity index (χ4v) is 1.73. The first-order chi connectivity index (χ1) is 7.14. The summed E-state index contributed by atoms with van der Waals surface area (Å²) in [5, 5.41) is 18.0. The second kappa shape index (κ2) is 3.54. The molecule has 0 amide bonds. The van der Waals surface area contributed by atoms with Gasteiger partial charge >= 0.3 is 4.57 Å². The van der Waals surface area contributed by atoms with Gasteiger partial charge in [0.15, 0.2) is 0 Å². The van der Waals surface area contributed by atoms with Crippen LogP contribution >= 0.6 is 15.9 Å². The molecule has 1 unspecified atom stereocenters. The molecule has 5 nitrogen and oxygen atoms in total. The molecule has 76 valence electrons. The first kappa shape index (κ1) is 9.97. The van der Waals surface area contributed by atoms with E-state index in [1.54, 1.807) is 12.1 Å². The quantitative estimate of drug-likeness (QED) is 0.358. The average molecular weight is 268 g/mol. The largest absolute Gasteiger partial charge is 0.412 e. The van der Waals surface area contributed by atoms with Crippen LogP contribution < -0.4 is 0 Å². The number of hydrogen-bond donors (Lipinski definition) is 0. The maximum absolute atomic E-state index is 10.9. The highest BCUT2D eigenvalue weighted by molar-refractivity contribution is 9.10. The SMILES string of the molecule is O=[N+]([O-])C1(Br)N=NC=C1c1ccccc1. The van der Waals surface area contributed by atoms with E-state index in [4.69, 9.17) is 0 Å². The molecule has 15 heavy (non-hydrogen) atoms. The lowest BCUT2D eigenvalue weighted by molar-refractivity contribution is -0.516. The lowest BCUT2D eigenvalue weighted by atomic mass is 10.1. The summed E-state index contributed by atoms with van der Waals surface area (Å²) in [4.78, 5) is 10.4. The summed E-state index contributed by atoms with van der Waals surface area (Å²) >= 11 is 2.99. The third kappa shape index (κ3) is 1.56. The molecule has 0 aliphatic carbocycles. The number of benzene rings is 1. The molecule has 0 saturated heterocycles. The molecule has 0 fully saturated rings. The van der Waals surface area contributed by atoms with E-state index in [9.17, 15) is 10.1 Å². The number of alkyl halides is 1. The summed E-state index contributed by atoms with van der Waals surface area (Å²) in [6, 6.07) is 9.02. The topological polar surface area (TPSA) is 67.9 Å². The second-order valence-corrected chi connectivity index (χ2v) is 4.07. The van der Waals surface area contributed by atoms with Crippen LogP contribution in [0.5, 0.6) is 0 Å². The minimum Gasteiger partial charge on any atom is -0.261 e. The minimum absolute atomic E-state index is 0.438. The molecular weight excluding hydrogens is 262 g/mol. The molecule has 0 N–H and O–H groups in total. The Morgan fingerprint density at radius 1 is 1.33 bits per heavy atom. The second-order valence-electron chi connectivity index (χ2n) is 2.97. The van der Waals surface area contributed by atoms with Crippen molar-refractivity contribution in [1.82, 2.24) is 0 Å². The van der Waals surface area contributed by atoms with Crippen LogP contribution in [-0.2, 0) is 0 Å². The van der Waals surface area contributed by atoms with Gasteiger partial charge in [-0.05, 0) is 5.56 Å². The number of azo groups is 1. The van der Waals surface area contributed by atoms with Crippen molar-refractivity contribution in [3.05, 3.63) is 52.2 Å². The summed E-state index contributed by atoms with van der Waals surface area (Å²) in [6.45, 7) is 0. The van der Waals surface area contributed by atoms with Gasteiger partial charge in [-0.15, -0.1) is 0 Å². The van der Waals surface area contributed by atoms with Gasteiger partial charge in [-0.25, -0.2) is 0 Å². The van der Waals surface area contributed by atoms with Crippen molar-refractivity contribution in [3.8, 4) is 0 Å². The fraction of sp³-hybridized carbons (Fsp3) is 0.111. The Morgan fingerprint density at radius 2 is 2.00 bits per heavy atom. The third-order valence-corrected chi connectivity index (χ3v) is 2.92. The number of nitro groups is 1.